The SMILES string of the molecule is O=C(NC(c1ccccc1)c1cccc(OCc2ccc(C(=O)N(CCCNCC(O)c3ccc(O)c4[nH]c(=O)ccc34)Cc3ccccc3OC(F)(F)F)cc2)c1)OC1CN2CCC1CC2. The monoisotopic (exact) mass is 919 g/mol. The van der Waals surface area contributed by atoms with Crippen molar-refractivity contribution >= 4 is 22.9 Å². The Morgan fingerprint density at radius 2 is 1.63 bits per heavy atom. The van der Waals surface area contributed by atoms with Gasteiger partial charge in [-0.05, 0) is 110 Å². The van der Waals surface area contributed by atoms with Gasteiger partial charge in [0, 0.05) is 48.8 Å². The van der Waals surface area contributed by atoms with E-state index < -0.39 is 41.8 Å². The molecule has 13 nitrogen and oxygen atoms in total. The number of aromatic hydroxyl groups is 1. The van der Waals surface area contributed by atoms with Crippen LogP contribution in [0.2, 0.25) is 0 Å². The van der Waals surface area contributed by atoms with Crippen molar-refractivity contribution in [3.05, 3.63) is 171 Å². The van der Waals surface area contributed by atoms with Crippen molar-refractivity contribution in [2.45, 2.75) is 57.0 Å². The van der Waals surface area contributed by atoms with Crippen molar-refractivity contribution in [3.8, 4) is 17.2 Å². The molecule has 0 radical (unpaired) electrons. The molecule has 2 amide bonds. The smallest absolute Gasteiger partial charge is 0.506 e. The lowest BCUT2D eigenvalue weighted by Gasteiger charge is -2.43. The van der Waals surface area contributed by atoms with Crippen LogP contribution >= 0.6 is 0 Å². The van der Waals surface area contributed by atoms with Crippen molar-refractivity contribution in [2.75, 3.05) is 39.3 Å². The molecule has 3 aliphatic heterocycles. The Bertz CT molecular complexity index is 2690. The molecule has 0 aliphatic carbocycles. The van der Waals surface area contributed by atoms with E-state index >= 15 is 0 Å². The van der Waals surface area contributed by atoms with Crippen LogP contribution in [0.1, 0.15) is 69.6 Å². The Morgan fingerprint density at radius 3 is 2.37 bits per heavy atom. The predicted octanol–water partition coefficient (Wildman–Crippen LogP) is 7.98. The van der Waals surface area contributed by atoms with E-state index in [1.165, 1.54) is 41.3 Å². The molecule has 0 spiro atoms. The van der Waals surface area contributed by atoms with E-state index in [9.17, 15) is 37.8 Å². The molecule has 5 aromatic carbocycles. The highest BCUT2D eigenvalue weighted by Crippen LogP contribution is 2.32. The maximum Gasteiger partial charge on any atom is 0.573 e. The minimum atomic E-state index is -4.94. The number of nitrogens with one attached hydrogen (secondary N) is 3. The number of piperidine rings is 3. The summed E-state index contributed by atoms with van der Waals surface area (Å²) in [5.41, 5.74) is 3.20. The number of hydrogen-bond acceptors (Lipinski definition) is 10. The van der Waals surface area contributed by atoms with Gasteiger partial charge in [-0.3, -0.25) is 14.5 Å². The number of phenolic OH excluding ortho intramolecular Hbond substituents is 1. The van der Waals surface area contributed by atoms with E-state index in [4.69, 9.17) is 9.47 Å². The van der Waals surface area contributed by atoms with E-state index in [0.717, 1.165) is 49.2 Å². The van der Waals surface area contributed by atoms with Gasteiger partial charge in [0.2, 0.25) is 5.56 Å². The number of ether oxygens (including phenoxy) is 3. The van der Waals surface area contributed by atoms with Gasteiger partial charge in [-0.15, -0.1) is 13.2 Å². The number of nitrogens with zero attached hydrogens (tertiary/aromatic N) is 2. The average molecular weight is 920 g/mol. The summed E-state index contributed by atoms with van der Waals surface area (Å²) in [4.78, 5) is 45.6. The van der Waals surface area contributed by atoms with Gasteiger partial charge in [-0.2, -0.15) is 0 Å². The normalized spacial score (nSPS) is 17.6. The van der Waals surface area contributed by atoms with Gasteiger partial charge in [0.1, 0.15) is 30.0 Å². The van der Waals surface area contributed by atoms with Crippen LogP contribution < -0.4 is 25.7 Å². The number of carbonyl (C=O) groups is 2. The Morgan fingerprint density at radius 1 is 0.881 bits per heavy atom. The summed E-state index contributed by atoms with van der Waals surface area (Å²) in [6.07, 6.45) is -4.14. The first-order valence-corrected chi connectivity index (χ1v) is 22.3. The number of amides is 2. The number of alkyl halides is 3. The summed E-state index contributed by atoms with van der Waals surface area (Å²) >= 11 is 0. The lowest BCUT2D eigenvalue weighted by atomic mass is 9.86. The number of pyridine rings is 1. The van der Waals surface area contributed by atoms with Crippen LogP contribution in [0.4, 0.5) is 18.0 Å². The molecule has 67 heavy (non-hydrogen) atoms. The molecule has 3 atom stereocenters. The maximum atomic E-state index is 14.1. The summed E-state index contributed by atoms with van der Waals surface area (Å²) in [7, 11) is 0. The van der Waals surface area contributed by atoms with Crippen LogP contribution in [0.5, 0.6) is 17.2 Å². The summed E-state index contributed by atoms with van der Waals surface area (Å²) in [5.74, 6) is -0.0290. The topological polar surface area (TPSA) is 166 Å². The lowest BCUT2D eigenvalue weighted by Crippen LogP contribution is -2.52. The fraction of sp³-hybridized carbons (Fsp3) is 0.314. The fourth-order valence-corrected chi connectivity index (χ4v) is 8.82. The molecule has 9 rings (SSSR count). The molecule has 3 aliphatic rings. The van der Waals surface area contributed by atoms with Gasteiger partial charge < -0.3 is 44.9 Å². The molecule has 5 N–H and O–H groups in total. The molecule has 16 heteroatoms. The van der Waals surface area contributed by atoms with Gasteiger partial charge in [0.25, 0.3) is 5.91 Å². The largest absolute Gasteiger partial charge is 0.573 e. The van der Waals surface area contributed by atoms with Crippen molar-refractivity contribution < 1.29 is 47.2 Å². The summed E-state index contributed by atoms with van der Waals surface area (Å²) in [6.45, 7) is 3.38. The molecule has 2 bridgehead atoms. The Balaban J connectivity index is 0.909. The average Bonchev–Trinajstić information content (AvgIpc) is 3.33. The van der Waals surface area contributed by atoms with E-state index in [-0.39, 0.29) is 49.2 Å². The van der Waals surface area contributed by atoms with Crippen LogP contribution in [-0.2, 0) is 17.9 Å². The highest BCUT2D eigenvalue weighted by molar-refractivity contribution is 5.94. The molecular formula is C51H52F3N5O8. The number of halogens is 3. The zero-order valence-corrected chi connectivity index (χ0v) is 36.6. The molecule has 350 valence electrons. The Labute approximate surface area is 385 Å². The predicted molar refractivity (Wildman–Crippen MR) is 245 cm³/mol. The number of aliphatic hydroxyl groups excluding tert-OH is 1. The van der Waals surface area contributed by atoms with E-state index in [0.29, 0.717) is 41.1 Å². The first-order valence-electron chi connectivity index (χ1n) is 22.3. The number of alkyl carbamates (subject to hydrolysis) is 1. The Kier molecular flexibility index (Phi) is 14.7. The van der Waals surface area contributed by atoms with Gasteiger partial charge >= 0.3 is 12.5 Å². The molecule has 1 aromatic heterocycles. The number of aromatic nitrogens is 1. The summed E-state index contributed by atoms with van der Waals surface area (Å²) < 4.78 is 56.6. The third-order valence-corrected chi connectivity index (χ3v) is 12.3. The lowest BCUT2D eigenvalue weighted by molar-refractivity contribution is -0.275. The molecule has 4 heterocycles. The summed E-state index contributed by atoms with van der Waals surface area (Å²) in [5, 5.41) is 28.0. The van der Waals surface area contributed by atoms with Gasteiger partial charge in [-0.1, -0.05) is 78.9 Å². The maximum absolute atomic E-state index is 14.1. The number of para-hydroxylation sites is 1. The zero-order chi connectivity index (χ0) is 46.9. The number of carbonyl (C=O) groups excluding carboxylic acids is 2. The second kappa shape index (κ2) is 21.2. The quantitative estimate of drug-likeness (QED) is 0.0534. The third kappa shape index (κ3) is 12.1. The number of benzene rings is 5. The van der Waals surface area contributed by atoms with Crippen molar-refractivity contribution in [2.24, 2.45) is 5.92 Å². The highest BCUT2D eigenvalue weighted by Gasteiger charge is 2.37. The van der Waals surface area contributed by atoms with Gasteiger partial charge in [0.05, 0.1) is 17.7 Å². The number of aliphatic hydroxyl groups is 1. The van der Waals surface area contributed by atoms with Crippen molar-refractivity contribution in [3.63, 3.8) is 0 Å². The number of aromatic amines is 1. The van der Waals surface area contributed by atoms with Crippen molar-refractivity contribution in [1.82, 2.24) is 25.4 Å². The van der Waals surface area contributed by atoms with E-state index in [1.54, 1.807) is 36.4 Å². The van der Waals surface area contributed by atoms with Crippen LogP contribution in [0.15, 0.2) is 132 Å². The minimum Gasteiger partial charge on any atom is -0.506 e. The zero-order valence-electron chi connectivity index (χ0n) is 36.6. The van der Waals surface area contributed by atoms with Gasteiger partial charge in [0.15, 0.2) is 0 Å². The molecular weight excluding hydrogens is 868 g/mol. The van der Waals surface area contributed by atoms with E-state index in [1.807, 2.05) is 54.6 Å². The summed E-state index contributed by atoms with van der Waals surface area (Å²) in [6, 6.07) is 34.8. The standard InChI is InChI=1S/C51H52F3N5O8/c52-51(53,54)67-44-13-5-4-10-38(44)30-59(25-7-24-55-29-43(61)40-18-20-42(60)48-41(40)19-21-46(62)56-48)49(63)36-16-14-33(15-17-36)32-65-39-12-6-11-37(28-39)47(35-8-2-1-3-9-35)57-50(64)66-45-31-58-26-22-34(45)23-27-58/h1-6,8-21,28,34,43,45,47,55,60-61H,7,22-27,29-32H2,(H,56,62)(H,57,64). The van der Waals surface area contributed by atoms with Crippen LogP contribution in [0.3, 0.4) is 0 Å². The van der Waals surface area contributed by atoms with E-state index in [2.05, 4.69) is 25.3 Å². The highest BCUT2D eigenvalue weighted by atomic mass is 19.4. The Hall–Kier alpha value is -6.88. The second-order valence-corrected chi connectivity index (χ2v) is 16.9. The minimum absolute atomic E-state index is 0.0991. The first kappa shape index (κ1) is 46.6. The van der Waals surface area contributed by atoms with Crippen LogP contribution in [0.25, 0.3) is 10.9 Å². The third-order valence-electron chi connectivity index (χ3n) is 12.3. The first-order chi connectivity index (χ1) is 32.4. The van der Waals surface area contributed by atoms with Gasteiger partial charge in [-0.25, -0.2) is 4.79 Å². The number of hydrogen-bond donors (Lipinski definition) is 5. The number of H-pyrrole nitrogens is 1. The molecule has 3 unspecified atom stereocenters. The fourth-order valence-electron chi connectivity index (χ4n) is 8.82. The second-order valence-electron chi connectivity index (χ2n) is 16.9. The number of fused-ring (bicyclic) bond motifs is 4. The van der Waals surface area contributed by atoms with Crippen LogP contribution in [0, 0.1) is 5.92 Å². The number of rotatable bonds is 18. The van der Waals surface area contributed by atoms with Crippen molar-refractivity contribution in [1.29, 1.82) is 0 Å². The number of phenols is 1. The molecule has 3 saturated heterocycles. The molecule has 6 aromatic rings. The van der Waals surface area contributed by atoms with Crippen LogP contribution in [-0.4, -0.2) is 88.7 Å². The molecule has 3 fully saturated rings. The molecule has 0 saturated carbocycles.